The van der Waals surface area contributed by atoms with Gasteiger partial charge in [0.15, 0.2) is 5.54 Å². The number of amides is 1. The van der Waals surface area contributed by atoms with Crippen LogP contribution in [-0.4, -0.2) is 17.2 Å². The van der Waals surface area contributed by atoms with Gasteiger partial charge in [0.1, 0.15) is 0 Å². The summed E-state index contributed by atoms with van der Waals surface area (Å²) in [4.78, 5) is 17.4. The van der Waals surface area contributed by atoms with Crippen LogP contribution in [0.3, 0.4) is 0 Å². The molecule has 3 rings (SSSR count). The Labute approximate surface area is 141 Å². The summed E-state index contributed by atoms with van der Waals surface area (Å²) in [6.07, 6.45) is 0.496. The first-order valence-corrected chi connectivity index (χ1v) is 7.99. The van der Waals surface area contributed by atoms with Crippen LogP contribution in [0.1, 0.15) is 24.5 Å². The second-order valence-electron chi connectivity index (χ2n) is 6.13. The maximum absolute atomic E-state index is 12.7. The predicted molar refractivity (Wildman–Crippen MR) is 93.4 cm³/mol. The summed E-state index contributed by atoms with van der Waals surface area (Å²) in [5, 5.41) is 12.4. The van der Waals surface area contributed by atoms with Gasteiger partial charge >= 0.3 is 0 Å². The van der Waals surface area contributed by atoms with E-state index in [1.807, 2.05) is 60.7 Å². The summed E-state index contributed by atoms with van der Waals surface area (Å²) < 4.78 is 0. The fourth-order valence-corrected chi connectivity index (χ4v) is 2.95. The largest absolute Gasteiger partial charge is 0.350 e. The fourth-order valence-electron chi connectivity index (χ4n) is 2.95. The molecule has 1 aliphatic heterocycles. The Bertz CT molecular complexity index is 793. The van der Waals surface area contributed by atoms with E-state index in [1.165, 1.54) is 0 Å². The molecule has 1 aliphatic rings. The van der Waals surface area contributed by atoms with Gasteiger partial charge in [-0.1, -0.05) is 60.7 Å². The molecule has 0 fully saturated rings. The molecule has 0 saturated heterocycles. The highest BCUT2D eigenvalue weighted by Gasteiger charge is 2.46. The minimum atomic E-state index is -1.05. The summed E-state index contributed by atoms with van der Waals surface area (Å²) in [7, 11) is 0. The van der Waals surface area contributed by atoms with Crippen LogP contribution in [0, 0.1) is 17.2 Å². The van der Waals surface area contributed by atoms with E-state index in [0.717, 1.165) is 16.8 Å². The lowest BCUT2D eigenvalue weighted by molar-refractivity contribution is -0.126. The number of carbonyl (C=O) groups excluding carboxylic acids is 1. The van der Waals surface area contributed by atoms with Crippen LogP contribution in [-0.2, 0) is 11.3 Å². The third-order valence-electron chi connectivity index (χ3n) is 4.46. The summed E-state index contributed by atoms with van der Waals surface area (Å²) in [6.45, 7) is 2.18. The standard InChI is InChI=1S/C20H19N3O/c1-20(19(24)22-14-15-8-4-2-5-9-15)17(13-21)12-18(23-20)16-10-6-3-7-11-16/h2-11,17H,12,14H2,1H3,(H,22,24)/t17-,20+/m0/s1. The summed E-state index contributed by atoms with van der Waals surface area (Å²) in [6, 6.07) is 21.7. The van der Waals surface area contributed by atoms with E-state index in [9.17, 15) is 10.1 Å². The fraction of sp³-hybridized carbons (Fsp3) is 0.250. The van der Waals surface area contributed by atoms with Gasteiger partial charge in [0.05, 0.1) is 12.0 Å². The molecule has 1 N–H and O–H groups in total. The topological polar surface area (TPSA) is 65.2 Å². The molecule has 0 aromatic heterocycles. The van der Waals surface area contributed by atoms with Crippen LogP contribution in [0.2, 0.25) is 0 Å². The number of aliphatic imine (C=N–C) groups is 1. The Kier molecular flexibility index (Phi) is 4.43. The van der Waals surface area contributed by atoms with Crippen LogP contribution in [0.4, 0.5) is 0 Å². The molecule has 0 spiro atoms. The molecular formula is C20H19N3O. The molecule has 2 aromatic rings. The van der Waals surface area contributed by atoms with E-state index in [-0.39, 0.29) is 5.91 Å². The van der Waals surface area contributed by atoms with Gasteiger partial charge in [-0.15, -0.1) is 0 Å². The highest BCUT2D eigenvalue weighted by atomic mass is 16.2. The van der Waals surface area contributed by atoms with Crippen molar-refractivity contribution in [2.45, 2.75) is 25.4 Å². The number of nitrogens with zero attached hydrogens (tertiary/aromatic N) is 2. The van der Waals surface area contributed by atoms with Gasteiger partial charge in [-0.05, 0) is 18.1 Å². The minimum absolute atomic E-state index is 0.205. The molecule has 0 unspecified atom stereocenters. The Morgan fingerprint density at radius 3 is 2.46 bits per heavy atom. The van der Waals surface area contributed by atoms with Crippen molar-refractivity contribution in [3.05, 3.63) is 71.8 Å². The maximum Gasteiger partial charge on any atom is 0.249 e. The highest BCUT2D eigenvalue weighted by Crippen LogP contribution is 2.34. The Morgan fingerprint density at radius 1 is 1.21 bits per heavy atom. The highest BCUT2D eigenvalue weighted by molar-refractivity contribution is 6.06. The van der Waals surface area contributed by atoms with Gasteiger partial charge in [-0.2, -0.15) is 5.26 Å². The molecule has 0 aliphatic carbocycles. The first-order valence-electron chi connectivity index (χ1n) is 7.99. The number of nitriles is 1. The number of benzene rings is 2. The second kappa shape index (κ2) is 6.67. The van der Waals surface area contributed by atoms with Gasteiger partial charge in [-0.3, -0.25) is 9.79 Å². The smallest absolute Gasteiger partial charge is 0.249 e. The van der Waals surface area contributed by atoms with E-state index in [0.29, 0.717) is 13.0 Å². The number of carbonyl (C=O) groups is 1. The number of hydrogen-bond acceptors (Lipinski definition) is 3. The van der Waals surface area contributed by atoms with Crippen molar-refractivity contribution >= 4 is 11.6 Å². The molecule has 2 atom stereocenters. The van der Waals surface area contributed by atoms with Gasteiger partial charge in [0.25, 0.3) is 0 Å². The molecule has 2 aromatic carbocycles. The van der Waals surface area contributed by atoms with Crippen LogP contribution in [0.5, 0.6) is 0 Å². The quantitative estimate of drug-likeness (QED) is 0.941. The summed E-state index contributed by atoms with van der Waals surface area (Å²) in [5.74, 6) is -0.660. The molecule has 1 heterocycles. The van der Waals surface area contributed by atoms with Crippen LogP contribution >= 0.6 is 0 Å². The first kappa shape index (κ1) is 15.9. The van der Waals surface area contributed by atoms with Crippen LogP contribution in [0.25, 0.3) is 0 Å². The molecule has 120 valence electrons. The lowest BCUT2D eigenvalue weighted by atomic mass is 9.86. The minimum Gasteiger partial charge on any atom is -0.350 e. The maximum atomic E-state index is 12.7. The van der Waals surface area contributed by atoms with Crippen molar-refractivity contribution < 1.29 is 4.79 Å². The van der Waals surface area contributed by atoms with Gasteiger partial charge < -0.3 is 5.32 Å². The van der Waals surface area contributed by atoms with Crippen molar-refractivity contribution in [3.8, 4) is 6.07 Å². The molecule has 0 bridgehead atoms. The van der Waals surface area contributed by atoms with Gasteiger partial charge in [0, 0.05) is 18.7 Å². The zero-order chi connectivity index (χ0) is 17.0. The summed E-state index contributed by atoms with van der Waals surface area (Å²) >= 11 is 0. The van der Waals surface area contributed by atoms with Crippen molar-refractivity contribution in [1.29, 1.82) is 5.26 Å². The van der Waals surface area contributed by atoms with Gasteiger partial charge in [-0.25, -0.2) is 0 Å². The monoisotopic (exact) mass is 317 g/mol. The van der Waals surface area contributed by atoms with E-state index in [4.69, 9.17) is 0 Å². The van der Waals surface area contributed by atoms with Crippen LogP contribution in [0.15, 0.2) is 65.7 Å². The van der Waals surface area contributed by atoms with Crippen LogP contribution < -0.4 is 5.32 Å². The summed E-state index contributed by atoms with van der Waals surface area (Å²) in [5.41, 5.74) is 1.76. The number of rotatable bonds is 4. The lowest BCUT2D eigenvalue weighted by Gasteiger charge is -2.23. The van der Waals surface area contributed by atoms with Crippen molar-refractivity contribution in [2.24, 2.45) is 10.9 Å². The number of hydrogen-bond donors (Lipinski definition) is 1. The Hall–Kier alpha value is -2.93. The average molecular weight is 317 g/mol. The Balaban J connectivity index is 1.79. The second-order valence-corrected chi connectivity index (χ2v) is 6.13. The zero-order valence-electron chi connectivity index (χ0n) is 13.6. The van der Waals surface area contributed by atoms with Crippen molar-refractivity contribution in [3.63, 3.8) is 0 Å². The van der Waals surface area contributed by atoms with Gasteiger partial charge in [0.2, 0.25) is 5.91 Å². The first-order chi connectivity index (χ1) is 11.6. The third kappa shape index (κ3) is 3.07. The normalized spacial score (nSPS) is 22.5. The molecule has 0 radical (unpaired) electrons. The molecule has 24 heavy (non-hydrogen) atoms. The molecule has 4 heteroatoms. The molecule has 1 amide bonds. The molecule has 4 nitrogen and oxygen atoms in total. The molecular weight excluding hydrogens is 298 g/mol. The predicted octanol–water partition coefficient (Wildman–Crippen LogP) is 3.09. The Morgan fingerprint density at radius 2 is 1.83 bits per heavy atom. The lowest BCUT2D eigenvalue weighted by Crippen LogP contribution is -2.45. The van der Waals surface area contributed by atoms with E-state index >= 15 is 0 Å². The van der Waals surface area contributed by atoms with Crippen molar-refractivity contribution in [1.82, 2.24) is 5.32 Å². The average Bonchev–Trinajstić information content (AvgIpc) is 2.99. The molecule has 0 saturated carbocycles. The van der Waals surface area contributed by atoms with E-state index < -0.39 is 11.5 Å². The van der Waals surface area contributed by atoms with E-state index in [1.54, 1.807) is 6.92 Å². The zero-order valence-corrected chi connectivity index (χ0v) is 13.6. The van der Waals surface area contributed by atoms with E-state index in [2.05, 4.69) is 16.4 Å². The SMILES string of the molecule is C[C@@]1(C(=O)NCc2ccccc2)N=C(c2ccccc2)C[C@H]1C#N. The third-order valence-corrected chi connectivity index (χ3v) is 4.46. The van der Waals surface area contributed by atoms with Crippen molar-refractivity contribution in [2.75, 3.05) is 0 Å². The number of nitrogens with one attached hydrogen (secondary N) is 1.